The van der Waals surface area contributed by atoms with Gasteiger partial charge in [0.15, 0.2) is 0 Å². The maximum absolute atomic E-state index is 12.0. The minimum absolute atomic E-state index is 0.0740. The number of thioether (sulfide) groups is 1. The summed E-state index contributed by atoms with van der Waals surface area (Å²) in [5, 5.41) is 6.25. The normalized spacial score (nSPS) is 14.6. The Bertz CT molecular complexity index is 392. The van der Waals surface area contributed by atoms with E-state index >= 15 is 0 Å². The molecule has 0 aliphatic carbocycles. The number of hydrogen-bond acceptors (Lipinski definition) is 4. The summed E-state index contributed by atoms with van der Waals surface area (Å²) in [6, 6.07) is 2.53. The Labute approximate surface area is 117 Å². The van der Waals surface area contributed by atoms with Crippen LogP contribution in [0.1, 0.15) is 34.0 Å². The summed E-state index contributed by atoms with van der Waals surface area (Å²) < 4.78 is 0. The molecule has 0 bridgehead atoms. The SMILES string of the molecule is CC(C)NCCNC(=O)c1cc2c(s1)CCSC2. The fraction of sp³-hybridized carbons (Fsp3) is 0.615. The third-order valence-electron chi connectivity index (χ3n) is 2.81. The van der Waals surface area contributed by atoms with Crippen LogP contribution in [-0.4, -0.2) is 30.8 Å². The average Bonchev–Trinajstić information content (AvgIpc) is 2.78. The van der Waals surface area contributed by atoms with Crippen LogP contribution < -0.4 is 10.6 Å². The van der Waals surface area contributed by atoms with Gasteiger partial charge in [0.2, 0.25) is 0 Å². The lowest BCUT2D eigenvalue weighted by Crippen LogP contribution is -2.34. The zero-order chi connectivity index (χ0) is 13.0. The van der Waals surface area contributed by atoms with Crippen molar-refractivity contribution in [2.24, 2.45) is 0 Å². The fourth-order valence-corrected chi connectivity index (χ4v) is 4.17. The highest BCUT2D eigenvalue weighted by Gasteiger charge is 2.16. The van der Waals surface area contributed by atoms with E-state index in [9.17, 15) is 4.79 Å². The number of amides is 1. The molecule has 1 aliphatic heterocycles. The summed E-state index contributed by atoms with van der Waals surface area (Å²) in [5.74, 6) is 2.32. The molecule has 0 radical (unpaired) electrons. The molecule has 0 saturated carbocycles. The van der Waals surface area contributed by atoms with E-state index in [-0.39, 0.29) is 5.91 Å². The van der Waals surface area contributed by atoms with Crippen LogP contribution in [0, 0.1) is 0 Å². The van der Waals surface area contributed by atoms with E-state index in [4.69, 9.17) is 0 Å². The summed E-state index contributed by atoms with van der Waals surface area (Å²) in [6.07, 6.45) is 1.12. The molecule has 1 amide bonds. The van der Waals surface area contributed by atoms with Crippen molar-refractivity contribution in [2.75, 3.05) is 18.8 Å². The van der Waals surface area contributed by atoms with Crippen molar-refractivity contribution in [2.45, 2.75) is 32.1 Å². The molecule has 3 nitrogen and oxygen atoms in total. The second-order valence-corrected chi connectivity index (χ2v) is 6.97. The van der Waals surface area contributed by atoms with Crippen molar-refractivity contribution in [3.8, 4) is 0 Å². The van der Waals surface area contributed by atoms with Gasteiger partial charge in [-0.1, -0.05) is 13.8 Å². The van der Waals surface area contributed by atoms with E-state index in [1.54, 1.807) is 11.3 Å². The predicted octanol–water partition coefficient (Wildman–Crippen LogP) is 2.27. The van der Waals surface area contributed by atoms with E-state index in [1.807, 2.05) is 11.8 Å². The monoisotopic (exact) mass is 284 g/mol. The first-order chi connectivity index (χ1) is 8.66. The second-order valence-electron chi connectivity index (χ2n) is 4.73. The zero-order valence-corrected chi connectivity index (χ0v) is 12.5. The van der Waals surface area contributed by atoms with E-state index in [1.165, 1.54) is 16.2 Å². The van der Waals surface area contributed by atoms with E-state index in [2.05, 4.69) is 30.5 Å². The summed E-state index contributed by atoms with van der Waals surface area (Å²) in [4.78, 5) is 14.2. The molecule has 1 aliphatic rings. The molecule has 100 valence electrons. The van der Waals surface area contributed by atoms with Crippen molar-refractivity contribution in [1.29, 1.82) is 0 Å². The van der Waals surface area contributed by atoms with Crippen LogP contribution in [0.4, 0.5) is 0 Å². The lowest BCUT2D eigenvalue weighted by molar-refractivity contribution is 0.0957. The molecule has 2 heterocycles. The van der Waals surface area contributed by atoms with Crippen LogP contribution in [-0.2, 0) is 12.2 Å². The van der Waals surface area contributed by atoms with Crippen LogP contribution in [0.25, 0.3) is 0 Å². The van der Waals surface area contributed by atoms with Crippen LogP contribution in [0.15, 0.2) is 6.07 Å². The summed E-state index contributed by atoms with van der Waals surface area (Å²) in [7, 11) is 0. The van der Waals surface area contributed by atoms with Crippen molar-refractivity contribution in [1.82, 2.24) is 10.6 Å². The zero-order valence-electron chi connectivity index (χ0n) is 10.9. The van der Waals surface area contributed by atoms with Gasteiger partial charge >= 0.3 is 0 Å². The second kappa shape index (κ2) is 6.59. The highest BCUT2D eigenvalue weighted by molar-refractivity contribution is 7.98. The topological polar surface area (TPSA) is 41.1 Å². The maximum atomic E-state index is 12.0. The first-order valence-electron chi connectivity index (χ1n) is 6.37. The average molecular weight is 284 g/mol. The van der Waals surface area contributed by atoms with Gasteiger partial charge in [-0.25, -0.2) is 0 Å². The van der Waals surface area contributed by atoms with Crippen LogP contribution in [0.3, 0.4) is 0 Å². The molecule has 0 saturated heterocycles. The minimum atomic E-state index is 0.0740. The van der Waals surface area contributed by atoms with Crippen molar-refractivity contribution >= 4 is 29.0 Å². The number of aryl methyl sites for hydroxylation is 1. The minimum Gasteiger partial charge on any atom is -0.350 e. The number of fused-ring (bicyclic) bond motifs is 1. The summed E-state index contributed by atoms with van der Waals surface area (Å²) in [5.41, 5.74) is 1.36. The molecule has 0 fully saturated rings. The third-order valence-corrected chi connectivity index (χ3v) is 5.06. The molecular formula is C13H20N2OS2. The van der Waals surface area contributed by atoms with Gasteiger partial charge in [-0.05, 0) is 23.8 Å². The molecule has 0 spiro atoms. The smallest absolute Gasteiger partial charge is 0.261 e. The fourth-order valence-electron chi connectivity index (χ4n) is 1.88. The Morgan fingerprint density at radius 2 is 2.28 bits per heavy atom. The van der Waals surface area contributed by atoms with Gasteiger partial charge in [0.1, 0.15) is 0 Å². The quantitative estimate of drug-likeness (QED) is 0.815. The van der Waals surface area contributed by atoms with Crippen LogP contribution in [0.2, 0.25) is 0 Å². The predicted molar refractivity (Wildman–Crippen MR) is 79.7 cm³/mol. The standard InChI is InChI=1S/C13H20N2OS2/c1-9(2)14-4-5-15-13(16)12-7-10-8-17-6-3-11(10)18-12/h7,9,14H,3-6,8H2,1-2H3,(H,15,16). The number of carbonyl (C=O) groups is 1. The van der Waals surface area contributed by atoms with Gasteiger partial charge in [-0.3, -0.25) is 4.79 Å². The highest BCUT2D eigenvalue weighted by atomic mass is 32.2. The summed E-state index contributed by atoms with van der Waals surface area (Å²) in [6.45, 7) is 5.72. The number of thiophene rings is 1. The van der Waals surface area contributed by atoms with Crippen molar-refractivity contribution < 1.29 is 4.79 Å². The molecular weight excluding hydrogens is 264 g/mol. The Kier molecular flexibility index (Phi) is 5.09. The van der Waals surface area contributed by atoms with E-state index in [0.717, 1.165) is 23.6 Å². The molecule has 0 unspecified atom stereocenters. The van der Waals surface area contributed by atoms with Gasteiger partial charge < -0.3 is 10.6 Å². The first kappa shape index (κ1) is 13.9. The van der Waals surface area contributed by atoms with Gasteiger partial charge in [-0.2, -0.15) is 11.8 Å². The van der Waals surface area contributed by atoms with Crippen LogP contribution >= 0.6 is 23.1 Å². The number of carbonyl (C=O) groups excluding carboxylic acids is 1. The van der Waals surface area contributed by atoms with Gasteiger partial charge in [0.05, 0.1) is 4.88 Å². The largest absolute Gasteiger partial charge is 0.350 e. The molecule has 5 heteroatoms. The van der Waals surface area contributed by atoms with Crippen molar-refractivity contribution in [3.63, 3.8) is 0 Å². The van der Waals surface area contributed by atoms with E-state index < -0.39 is 0 Å². The highest BCUT2D eigenvalue weighted by Crippen LogP contribution is 2.31. The van der Waals surface area contributed by atoms with Crippen molar-refractivity contribution in [3.05, 3.63) is 21.4 Å². The Morgan fingerprint density at radius 1 is 1.44 bits per heavy atom. The van der Waals surface area contributed by atoms with E-state index in [0.29, 0.717) is 12.6 Å². The lowest BCUT2D eigenvalue weighted by atomic mass is 10.2. The van der Waals surface area contributed by atoms with Gasteiger partial charge in [-0.15, -0.1) is 11.3 Å². The Balaban J connectivity index is 1.83. The molecule has 0 aromatic carbocycles. The number of hydrogen-bond donors (Lipinski definition) is 2. The molecule has 2 rings (SSSR count). The lowest BCUT2D eigenvalue weighted by Gasteiger charge is -2.08. The van der Waals surface area contributed by atoms with Gasteiger partial charge in [0, 0.05) is 29.8 Å². The molecule has 1 aromatic heterocycles. The molecule has 1 aromatic rings. The third kappa shape index (κ3) is 3.73. The molecule has 18 heavy (non-hydrogen) atoms. The molecule has 0 atom stereocenters. The first-order valence-corrected chi connectivity index (χ1v) is 8.35. The Morgan fingerprint density at radius 3 is 3.00 bits per heavy atom. The summed E-state index contributed by atoms with van der Waals surface area (Å²) >= 11 is 3.61. The molecule has 2 N–H and O–H groups in total. The number of rotatable bonds is 5. The number of nitrogens with one attached hydrogen (secondary N) is 2. The van der Waals surface area contributed by atoms with Gasteiger partial charge in [0.25, 0.3) is 5.91 Å². The maximum Gasteiger partial charge on any atom is 0.261 e. The van der Waals surface area contributed by atoms with Crippen LogP contribution in [0.5, 0.6) is 0 Å². The Hall–Kier alpha value is -0.520.